The van der Waals surface area contributed by atoms with E-state index in [2.05, 4.69) is 46.6 Å². The van der Waals surface area contributed by atoms with Gasteiger partial charge in [-0.3, -0.25) is 48.1 Å². The molecular weight excluding hydrogens is 1060 g/mol. The minimum Gasteiger partial charge on any atom is -0.404 e. The normalized spacial score (nSPS) is 28.3. The Morgan fingerprint density at radius 2 is 1.34 bits per heavy atom. The van der Waals surface area contributed by atoms with Gasteiger partial charge in [-0.2, -0.15) is 0 Å². The van der Waals surface area contributed by atoms with Crippen LogP contribution in [-0.4, -0.2) is 200 Å². The highest BCUT2D eigenvalue weighted by Crippen LogP contribution is 2.38. The third-order valence-corrected chi connectivity index (χ3v) is 15.0. The summed E-state index contributed by atoms with van der Waals surface area (Å²) in [4.78, 5) is 131. The van der Waals surface area contributed by atoms with Crippen molar-refractivity contribution in [1.82, 2.24) is 36.4 Å². The van der Waals surface area contributed by atoms with Crippen molar-refractivity contribution in [3.05, 3.63) is 29.8 Å². The number of unbranched alkanes of at least 4 members (excludes halogenated alkanes) is 5. The Balaban J connectivity index is 1.71. The molecule has 2 unspecified atom stereocenters. The maximum atomic E-state index is 14.5. The number of hydrogen-bond acceptors (Lipinski definition) is 18. The van der Waals surface area contributed by atoms with Crippen LogP contribution in [0.5, 0.6) is 5.75 Å². The molecule has 3 fully saturated rings. The number of nitrogens with one attached hydrogen (secondary N) is 5. The number of phosphoric ester groups is 1. The Morgan fingerprint density at radius 1 is 0.747 bits per heavy atom. The quantitative estimate of drug-likeness (QED) is 0.0394. The number of primary amides is 1. The fourth-order valence-electron chi connectivity index (χ4n) is 9.99. The van der Waals surface area contributed by atoms with Gasteiger partial charge in [0.05, 0.1) is 30.8 Å². The van der Waals surface area contributed by atoms with Crippen LogP contribution >= 0.6 is 7.82 Å². The van der Waals surface area contributed by atoms with Crippen molar-refractivity contribution in [3.8, 4) is 5.75 Å². The van der Waals surface area contributed by atoms with Gasteiger partial charge in [-0.15, -0.1) is 0 Å². The molecule has 3 saturated heterocycles. The molecule has 4 rings (SSSR count). The minimum atomic E-state index is -5.07. The lowest BCUT2D eigenvalue weighted by Gasteiger charge is -2.34. The Kier molecular flexibility index (Phi) is 25.5. The van der Waals surface area contributed by atoms with Gasteiger partial charge in [-0.05, 0) is 55.7 Å². The second kappa shape index (κ2) is 30.4. The van der Waals surface area contributed by atoms with Gasteiger partial charge in [0.1, 0.15) is 60.3 Å². The molecule has 79 heavy (non-hydrogen) atoms. The molecule has 8 amide bonds. The highest BCUT2D eigenvalue weighted by atomic mass is 31.2. The van der Waals surface area contributed by atoms with Crippen molar-refractivity contribution in [2.75, 3.05) is 13.1 Å². The molecule has 0 radical (unpaired) electrons. The summed E-state index contributed by atoms with van der Waals surface area (Å²) in [6.45, 7) is 6.62. The third-order valence-electron chi connectivity index (χ3n) is 14.5. The Labute approximate surface area is 457 Å². The number of hydrogen-bond donors (Lipinski definition) is 16. The molecule has 29 heteroatoms. The number of fused-ring (bicyclic) bond motifs is 2. The predicted octanol–water partition coefficient (Wildman–Crippen LogP) is -3.58. The topological polar surface area (TPSA) is 458 Å². The summed E-state index contributed by atoms with van der Waals surface area (Å²) in [6.07, 6.45) is -11.0. The van der Waals surface area contributed by atoms with E-state index in [1.807, 2.05) is 5.32 Å². The van der Waals surface area contributed by atoms with Gasteiger partial charge in [0.25, 0.3) is 0 Å². The molecule has 3 heterocycles. The minimum absolute atomic E-state index is 0.102. The maximum absolute atomic E-state index is 14.5. The molecule has 1 aromatic rings. The second-order valence-corrected chi connectivity index (χ2v) is 22.3. The Hall–Kier alpha value is -5.39. The van der Waals surface area contributed by atoms with Crippen molar-refractivity contribution in [2.24, 2.45) is 17.6 Å². The first-order valence-corrected chi connectivity index (χ1v) is 28.3. The predicted molar refractivity (Wildman–Crippen MR) is 276 cm³/mol. The van der Waals surface area contributed by atoms with Crippen LogP contribution in [0.1, 0.15) is 129 Å². The van der Waals surface area contributed by atoms with Crippen LogP contribution in [0.3, 0.4) is 0 Å². The average molecular weight is 1150 g/mol. The van der Waals surface area contributed by atoms with Crippen LogP contribution in [0.15, 0.2) is 24.3 Å². The van der Waals surface area contributed by atoms with Crippen LogP contribution in [0.25, 0.3) is 0 Å². The van der Waals surface area contributed by atoms with Gasteiger partial charge in [-0.25, -0.2) is 4.57 Å². The van der Waals surface area contributed by atoms with Crippen LogP contribution in [0, 0.1) is 11.8 Å². The van der Waals surface area contributed by atoms with Crippen LogP contribution in [0.2, 0.25) is 0 Å². The molecule has 0 bridgehead atoms. The molecule has 0 aromatic heterocycles. The zero-order valence-corrected chi connectivity index (χ0v) is 45.7. The number of aliphatic hydroxyl groups excluding tert-OH is 8. The average Bonchev–Trinajstić information content (AvgIpc) is 4.08. The monoisotopic (exact) mass is 1140 g/mol. The lowest BCUT2D eigenvalue weighted by molar-refractivity contribution is -0.149. The van der Waals surface area contributed by atoms with Gasteiger partial charge >= 0.3 is 7.82 Å². The first-order chi connectivity index (χ1) is 37.0. The fourth-order valence-corrected chi connectivity index (χ4v) is 10.4. The smallest absolute Gasteiger partial charge is 0.404 e. The lowest BCUT2D eigenvalue weighted by Crippen LogP contribution is -2.64. The van der Waals surface area contributed by atoms with E-state index in [4.69, 9.17) is 5.73 Å². The van der Waals surface area contributed by atoms with Gasteiger partial charge < -0.3 is 87.5 Å². The molecule has 1 aromatic carbocycles. The molecule has 446 valence electrons. The highest BCUT2D eigenvalue weighted by molar-refractivity contribution is 7.46. The number of amides is 8. The summed E-state index contributed by atoms with van der Waals surface area (Å²) in [6, 6.07) is -8.37. The maximum Gasteiger partial charge on any atom is 0.524 e. The zero-order valence-electron chi connectivity index (χ0n) is 44.8. The van der Waals surface area contributed by atoms with Crippen molar-refractivity contribution >= 4 is 55.1 Å². The lowest BCUT2D eigenvalue weighted by atomic mass is 9.91. The molecule has 3 aliphatic heterocycles. The first-order valence-electron chi connectivity index (χ1n) is 26.7. The number of phosphoric acid groups is 1. The van der Waals surface area contributed by atoms with E-state index in [9.17, 15) is 93.6 Å². The number of carbonyl (C=O) groups excluding carboxylic acids is 8. The zero-order chi connectivity index (χ0) is 59.1. The van der Waals surface area contributed by atoms with Crippen LogP contribution in [0.4, 0.5) is 0 Å². The van der Waals surface area contributed by atoms with Crippen molar-refractivity contribution < 1.29 is 98.1 Å². The van der Waals surface area contributed by atoms with E-state index in [-0.39, 0.29) is 18.4 Å². The van der Waals surface area contributed by atoms with E-state index >= 15 is 0 Å². The first kappa shape index (κ1) is 66.1. The Morgan fingerprint density at radius 3 is 1.95 bits per heavy atom. The van der Waals surface area contributed by atoms with Crippen molar-refractivity contribution in [3.63, 3.8) is 0 Å². The molecule has 3 aliphatic rings. The van der Waals surface area contributed by atoms with E-state index in [0.717, 1.165) is 69.7 Å². The number of benzene rings is 1. The second-order valence-electron chi connectivity index (χ2n) is 21.1. The molecule has 28 nitrogen and oxygen atoms in total. The standard InChI is InChI=1S/C50H81N8O20P/c1-5-25(2)20-26(3)12-10-8-6-7-9-11-13-37(65)52-31-22-35(63)46(70)56-48(72)41-33(61)18-19-57(41)50(74)39(34(62)23-36(51)64)54-47(71)40(43(67)42(66)28-14-16-30(17-15-28)78-79(75,76)77)55-45(69)32-21-29(60)24-58(32)49(73)38(27(4)59)53-44(31)68/h14-17,25-27,29,31-35,38-43,46,59-63,66-67,70H,5-13,18-24H2,1-4H3,(H2,51,64)(H,52,65)(H,53,68)(H,54,71)(H,55,69)(H,56,72)(H2,75,76,77)/t25?,26?,27-,29+,31-,32-,33-,34+,35-,38-,39-,40-,41-,42-,43-,46-/m0/s1. The van der Waals surface area contributed by atoms with Crippen molar-refractivity contribution in [2.45, 2.75) is 203 Å². The molecular formula is C50H81N8O20P. The SMILES string of the molecule is CCC(C)CC(C)CCCCCCCCC(=O)N[C@H]1C[C@H](O)[C@H](O)NC(=O)[C@@H]2[C@@H](O)CCN2C(=O)[C@H]([C@H](O)CC(N)=O)NC(=O)[C@H]([C@H](O)[C@@H](O)c2ccc(OP(=O)(O)O)cc2)NC(=O)[C@@H]2C[C@@H](O)CN2C(=O)[C@H]([C@H](C)O)NC1=O. The van der Waals surface area contributed by atoms with Crippen LogP contribution < -0.4 is 36.8 Å². The summed E-state index contributed by atoms with van der Waals surface area (Å²) in [7, 11) is -5.07. The highest BCUT2D eigenvalue weighted by Gasteiger charge is 2.49. The number of carbonyl (C=O) groups is 8. The van der Waals surface area contributed by atoms with E-state index in [1.165, 1.54) is 6.42 Å². The van der Waals surface area contributed by atoms with E-state index in [1.54, 1.807) is 0 Å². The summed E-state index contributed by atoms with van der Waals surface area (Å²) in [5, 5.41) is 101. The number of nitrogens with zero attached hydrogens (tertiary/aromatic N) is 2. The molecule has 16 atom stereocenters. The molecule has 0 saturated carbocycles. The summed E-state index contributed by atoms with van der Waals surface area (Å²) < 4.78 is 15.9. The molecule has 17 N–H and O–H groups in total. The van der Waals surface area contributed by atoms with Gasteiger partial charge in [0, 0.05) is 32.4 Å². The van der Waals surface area contributed by atoms with Gasteiger partial charge in [-0.1, -0.05) is 77.8 Å². The fraction of sp³-hybridized carbons (Fsp3) is 0.720. The molecule has 0 spiro atoms. The number of nitrogens with two attached hydrogens (primary N) is 1. The third kappa shape index (κ3) is 19.7. The number of rotatable bonds is 22. The largest absolute Gasteiger partial charge is 0.524 e. The summed E-state index contributed by atoms with van der Waals surface area (Å²) in [5.41, 5.74) is 5.05. The van der Waals surface area contributed by atoms with E-state index < -0.39 is 178 Å². The van der Waals surface area contributed by atoms with Gasteiger partial charge in [0.2, 0.25) is 47.3 Å². The van der Waals surface area contributed by atoms with Gasteiger partial charge in [0.15, 0.2) is 6.23 Å². The van der Waals surface area contributed by atoms with Crippen molar-refractivity contribution in [1.29, 1.82) is 0 Å². The van der Waals surface area contributed by atoms with Crippen LogP contribution in [-0.2, 0) is 42.9 Å². The number of aliphatic hydroxyl groups is 8. The summed E-state index contributed by atoms with van der Waals surface area (Å²) >= 11 is 0. The Bertz CT molecular complexity index is 2290. The van der Waals surface area contributed by atoms with E-state index in [0.29, 0.717) is 34.5 Å². The molecule has 0 aliphatic carbocycles. The summed E-state index contributed by atoms with van der Waals surface area (Å²) in [5.74, 6) is -9.12.